The van der Waals surface area contributed by atoms with Gasteiger partial charge in [-0.05, 0) is 48.6 Å². The molecular weight excluding hydrogens is 358 g/mol. The molecule has 0 bridgehead atoms. The number of benzene rings is 1. The number of rotatable bonds is 6. The van der Waals surface area contributed by atoms with Crippen molar-refractivity contribution in [3.05, 3.63) is 62.9 Å². The second-order valence-corrected chi connectivity index (χ2v) is 7.07. The monoisotopic (exact) mass is 375 g/mol. The van der Waals surface area contributed by atoms with Gasteiger partial charge in [0.1, 0.15) is 11.6 Å². The molecule has 0 atom stereocenters. The third-order valence-electron chi connectivity index (χ3n) is 3.65. The number of nitrogens with zero attached hydrogens (tertiary/aromatic N) is 2. The molecule has 0 spiro atoms. The Morgan fingerprint density at radius 2 is 2.08 bits per heavy atom. The van der Waals surface area contributed by atoms with Crippen molar-refractivity contribution in [1.82, 2.24) is 9.78 Å². The summed E-state index contributed by atoms with van der Waals surface area (Å²) in [6, 6.07) is 9.44. The molecule has 7 heteroatoms. The van der Waals surface area contributed by atoms with Gasteiger partial charge < -0.3 is 10.1 Å². The molecule has 2 heterocycles. The van der Waals surface area contributed by atoms with Crippen LogP contribution in [0.5, 0.6) is 5.75 Å². The quantitative estimate of drug-likeness (QED) is 0.699. The number of amides is 1. The van der Waals surface area contributed by atoms with Crippen molar-refractivity contribution >= 4 is 34.7 Å². The first-order chi connectivity index (χ1) is 12.0. The minimum atomic E-state index is -0.238. The largest absolute Gasteiger partial charge is 0.484 e. The van der Waals surface area contributed by atoms with Crippen LogP contribution >= 0.6 is 22.9 Å². The number of halogens is 1. The average molecular weight is 376 g/mol. The van der Waals surface area contributed by atoms with Crippen molar-refractivity contribution in [3.8, 4) is 5.75 Å². The van der Waals surface area contributed by atoms with Crippen LogP contribution in [0.3, 0.4) is 0 Å². The molecule has 3 aromatic rings. The predicted molar refractivity (Wildman–Crippen MR) is 101 cm³/mol. The first-order valence-electron chi connectivity index (χ1n) is 7.76. The Bertz CT molecular complexity index is 851. The highest BCUT2D eigenvalue weighted by molar-refractivity contribution is 7.09. The van der Waals surface area contributed by atoms with Gasteiger partial charge >= 0.3 is 0 Å². The highest BCUT2D eigenvalue weighted by Crippen LogP contribution is 2.25. The Balaban J connectivity index is 1.59. The van der Waals surface area contributed by atoms with Crippen LogP contribution in [0.4, 0.5) is 5.82 Å². The summed E-state index contributed by atoms with van der Waals surface area (Å²) < 4.78 is 7.33. The van der Waals surface area contributed by atoms with E-state index in [0.717, 1.165) is 11.1 Å². The zero-order valence-electron chi connectivity index (χ0n) is 14.0. The summed E-state index contributed by atoms with van der Waals surface area (Å²) in [4.78, 5) is 13.3. The SMILES string of the molecule is Cc1cc(OCC(=O)Nc2ccnn2Cc2cccs2)cc(C)c1Cl. The fourth-order valence-electron chi connectivity index (χ4n) is 2.43. The molecule has 1 amide bonds. The van der Waals surface area contributed by atoms with Gasteiger partial charge in [0.15, 0.2) is 6.61 Å². The molecule has 1 N–H and O–H groups in total. The van der Waals surface area contributed by atoms with E-state index >= 15 is 0 Å². The van der Waals surface area contributed by atoms with Gasteiger partial charge in [-0.15, -0.1) is 11.3 Å². The molecule has 5 nitrogen and oxygen atoms in total. The second-order valence-electron chi connectivity index (χ2n) is 5.66. The number of aromatic nitrogens is 2. The average Bonchev–Trinajstić information content (AvgIpc) is 3.23. The van der Waals surface area contributed by atoms with Gasteiger partial charge in [0, 0.05) is 16.0 Å². The number of hydrogen-bond donors (Lipinski definition) is 1. The van der Waals surface area contributed by atoms with E-state index in [1.165, 1.54) is 4.88 Å². The molecule has 1 aromatic carbocycles. The van der Waals surface area contributed by atoms with Gasteiger partial charge in [0.05, 0.1) is 12.7 Å². The Kier molecular flexibility index (Phi) is 5.40. The van der Waals surface area contributed by atoms with Gasteiger partial charge in [-0.3, -0.25) is 4.79 Å². The number of aryl methyl sites for hydroxylation is 2. The van der Waals surface area contributed by atoms with Gasteiger partial charge in [-0.25, -0.2) is 4.68 Å². The van der Waals surface area contributed by atoms with E-state index in [9.17, 15) is 4.79 Å². The van der Waals surface area contributed by atoms with E-state index < -0.39 is 0 Å². The molecule has 0 aliphatic rings. The maximum absolute atomic E-state index is 12.2. The number of carbonyl (C=O) groups excluding carboxylic acids is 1. The van der Waals surface area contributed by atoms with Crippen LogP contribution in [-0.4, -0.2) is 22.3 Å². The molecule has 0 aliphatic carbocycles. The van der Waals surface area contributed by atoms with E-state index in [2.05, 4.69) is 10.4 Å². The summed E-state index contributed by atoms with van der Waals surface area (Å²) in [6.07, 6.45) is 1.66. The smallest absolute Gasteiger partial charge is 0.263 e. The van der Waals surface area contributed by atoms with Crippen LogP contribution in [-0.2, 0) is 11.3 Å². The first-order valence-corrected chi connectivity index (χ1v) is 9.02. The Morgan fingerprint density at radius 1 is 1.32 bits per heavy atom. The van der Waals surface area contributed by atoms with Gasteiger partial charge in [-0.2, -0.15) is 5.10 Å². The van der Waals surface area contributed by atoms with Crippen LogP contribution < -0.4 is 10.1 Å². The highest BCUT2D eigenvalue weighted by atomic mass is 35.5. The number of thiophene rings is 1. The third-order valence-corrected chi connectivity index (χ3v) is 5.11. The van der Waals surface area contributed by atoms with Crippen molar-refractivity contribution < 1.29 is 9.53 Å². The molecular formula is C18H18ClN3O2S. The van der Waals surface area contributed by atoms with Crippen LogP contribution in [0, 0.1) is 13.8 Å². The fraction of sp³-hybridized carbons (Fsp3) is 0.222. The minimum Gasteiger partial charge on any atom is -0.484 e. The zero-order valence-corrected chi connectivity index (χ0v) is 15.5. The molecule has 0 radical (unpaired) electrons. The van der Waals surface area contributed by atoms with E-state index in [4.69, 9.17) is 16.3 Å². The van der Waals surface area contributed by atoms with Crippen LogP contribution in [0.1, 0.15) is 16.0 Å². The van der Waals surface area contributed by atoms with Crippen molar-refractivity contribution in [2.75, 3.05) is 11.9 Å². The zero-order chi connectivity index (χ0) is 17.8. The van der Waals surface area contributed by atoms with Gasteiger partial charge in [-0.1, -0.05) is 17.7 Å². The topological polar surface area (TPSA) is 56.1 Å². The van der Waals surface area contributed by atoms with Crippen molar-refractivity contribution in [2.45, 2.75) is 20.4 Å². The van der Waals surface area contributed by atoms with E-state index in [-0.39, 0.29) is 12.5 Å². The standard InChI is InChI=1S/C18H18ClN3O2S/c1-12-8-14(9-13(2)18(12)19)24-11-17(23)21-16-5-6-20-22(16)10-15-4-3-7-25-15/h3-9H,10-11H2,1-2H3,(H,21,23). The Morgan fingerprint density at radius 3 is 2.76 bits per heavy atom. The number of ether oxygens (including phenoxy) is 1. The van der Waals surface area contributed by atoms with Crippen molar-refractivity contribution in [3.63, 3.8) is 0 Å². The van der Waals surface area contributed by atoms with Crippen LogP contribution in [0.2, 0.25) is 5.02 Å². The van der Waals surface area contributed by atoms with Crippen molar-refractivity contribution in [2.24, 2.45) is 0 Å². The summed E-state index contributed by atoms with van der Waals surface area (Å²) in [5.74, 6) is 1.03. The van der Waals surface area contributed by atoms with E-state index in [1.807, 2.05) is 43.5 Å². The molecule has 130 valence electrons. The lowest BCUT2D eigenvalue weighted by Crippen LogP contribution is -2.22. The van der Waals surface area contributed by atoms with E-state index in [0.29, 0.717) is 23.1 Å². The minimum absolute atomic E-state index is 0.0787. The summed E-state index contributed by atoms with van der Waals surface area (Å²) in [6.45, 7) is 4.36. The number of carbonyl (C=O) groups is 1. The molecule has 0 saturated carbocycles. The number of nitrogens with one attached hydrogen (secondary N) is 1. The molecule has 0 saturated heterocycles. The summed E-state index contributed by atoms with van der Waals surface area (Å²) >= 11 is 7.79. The molecule has 0 unspecified atom stereocenters. The summed E-state index contributed by atoms with van der Waals surface area (Å²) in [5.41, 5.74) is 1.84. The lowest BCUT2D eigenvalue weighted by molar-refractivity contribution is -0.118. The van der Waals surface area contributed by atoms with Crippen LogP contribution in [0.15, 0.2) is 41.9 Å². The lowest BCUT2D eigenvalue weighted by atomic mass is 10.1. The molecule has 3 rings (SSSR count). The normalized spacial score (nSPS) is 10.7. The fourth-order valence-corrected chi connectivity index (χ4v) is 3.23. The molecule has 25 heavy (non-hydrogen) atoms. The molecule has 0 fully saturated rings. The van der Waals surface area contributed by atoms with Crippen LogP contribution in [0.25, 0.3) is 0 Å². The predicted octanol–water partition coefficient (Wildman–Crippen LogP) is 4.28. The lowest BCUT2D eigenvalue weighted by Gasteiger charge is -2.11. The molecule has 2 aromatic heterocycles. The maximum atomic E-state index is 12.2. The summed E-state index contributed by atoms with van der Waals surface area (Å²) in [5, 5.41) is 9.81. The first kappa shape index (κ1) is 17.5. The third kappa shape index (κ3) is 4.41. The van der Waals surface area contributed by atoms with Gasteiger partial charge in [0.25, 0.3) is 5.91 Å². The molecule has 0 aliphatic heterocycles. The Labute approximate surface area is 155 Å². The van der Waals surface area contributed by atoms with Crippen molar-refractivity contribution in [1.29, 1.82) is 0 Å². The second kappa shape index (κ2) is 7.72. The number of hydrogen-bond acceptors (Lipinski definition) is 4. The maximum Gasteiger partial charge on any atom is 0.263 e. The summed E-state index contributed by atoms with van der Waals surface area (Å²) in [7, 11) is 0. The van der Waals surface area contributed by atoms with Gasteiger partial charge in [0.2, 0.25) is 0 Å². The number of anilines is 1. The Hall–Kier alpha value is -2.31. The highest BCUT2D eigenvalue weighted by Gasteiger charge is 2.10. The van der Waals surface area contributed by atoms with E-state index in [1.54, 1.807) is 28.3 Å².